The smallest absolute Gasteiger partial charge is 0.332 e. The highest BCUT2D eigenvalue weighted by Gasteiger charge is 2.36. The zero-order chi connectivity index (χ0) is 17.9. The summed E-state index contributed by atoms with van der Waals surface area (Å²) in [6.45, 7) is -0.198. The minimum atomic E-state index is -1.09. The number of ether oxygens (including phenoxy) is 1. The van der Waals surface area contributed by atoms with Crippen molar-refractivity contribution < 1.29 is 24.2 Å². The zero-order valence-corrected chi connectivity index (χ0v) is 14.3. The lowest BCUT2D eigenvalue weighted by Gasteiger charge is -2.20. The van der Waals surface area contributed by atoms with Gasteiger partial charge in [-0.05, 0) is 31.0 Å². The van der Waals surface area contributed by atoms with E-state index in [1.54, 1.807) is 12.1 Å². The number of benzene rings is 1. The van der Waals surface area contributed by atoms with Crippen molar-refractivity contribution in [2.45, 2.75) is 25.0 Å². The van der Waals surface area contributed by atoms with Crippen LogP contribution < -0.4 is 5.32 Å². The molecular formula is C15H16Cl2N2O5. The summed E-state index contributed by atoms with van der Waals surface area (Å²) in [4.78, 5) is 36.2. The number of hydrogen-bond donors (Lipinski definition) is 2. The number of aliphatic carboxylic acids is 1. The number of nitrogens with zero attached hydrogens (tertiary/aromatic N) is 1. The number of carbonyl (C=O) groups is 3. The van der Waals surface area contributed by atoms with Crippen LogP contribution >= 0.6 is 23.2 Å². The van der Waals surface area contributed by atoms with Crippen molar-refractivity contribution in [1.29, 1.82) is 0 Å². The van der Waals surface area contributed by atoms with E-state index in [4.69, 9.17) is 33.0 Å². The molecule has 24 heavy (non-hydrogen) atoms. The Morgan fingerprint density at radius 2 is 1.92 bits per heavy atom. The molecule has 1 saturated heterocycles. The van der Waals surface area contributed by atoms with Crippen molar-refractivity contribution in [3.8, 4) is 0 Å². The maximum absolute atomic E-state index is 12.2. The van der Waals surface area contributed by atoms with Gasteiger partial charge in [-0.25, -0.2) is 4.79 Å². The third kappa shape index (κ3) is 4.59. The van der Waals surface area contributed by atoms with Crippen LogP contribution in [0.15, 0.2) is 18.2 Å². The van der Waals surface area contributed by atoms with Crippen LogP contribution in [0, 0.1) is 0 Å². The first-order valence-corrected chi connectivity index (χ1v) is 7.91. The molecule has 0 aliphatic carbocycles. The Balaban J connectivity index is 1.88. The van der Waals surface area contributed by atoms with Gasteiger partial charge in [0.2, 0.25) is 5.91 Å². The quantitative estimate of drug-likeness (QED) is 0.821. The van der Waals surface area contributed by atoms with Crippen LogP contribution in [0.4, 0.5) is 5.69 Å². The Morgan fingerprint density at radius 3 is 2.50 bits per heavy atom. The van der Waals surface area contributed by atoms with Gasteiger partial charge in [0.25, 0.3) is 5.91 Å². The van der Waals surface area contributed by atoms with Gasteiger partial charge in [-0.2, -0.15) is 0 Å². The fourth-order valence-corrected chi connectivity index (χ4v) is 2.61. The van der Waals surface area contributed by atoms with Crippen molar-refractivity contribution in [2.75, 3.05) is 18.9 Å². The van der Waals surface area contributed by atoms with E-state index in [0.29, 0.717) is 22.2 Å². The van der Waals surface area contributed by atoms with Gasteiger partial charge in [0.05, 0.1) is 16.6 Å². The van der Waals surface area contributed by atoms with E-state index in [1.807, 2.05) is 0 Å². The Kier molecular flexibility index (Phi) is 6.04. The summed E-state index contributed by atoms with van der Waals surface area (Å²) in [6, 6.07) is 4.64. The molecule has 1 fully saturated rings. The highest BCUT2D eigenvalue weighted by molar-refractivity contribution is 6.42. The van der Waals surface area contributed by atoms with E-state index in [0.717, 1.165) is 0 Å². The number of carboxylic acids is 1. The average molecular weight is 375 g/mol. The largest absolute Gasteiger partial charge is 0.479 e. The van der Waals surface area contributed by atoms with E-state index in [9.17, 15) is 14.4 Å². The monoisotopic (exact) mass is 374 g/mol. The predicted molar refractivity (Wildman–Crippen MR) is 88.3 cm³/mol. The van der Waals surface area contributed by atoms with Crippen LogP contribution in [-0.2, 0) is 19.1 Å². The fraction of sp³-hybridized carbons (Fsp3) is 0.400. The molecule has 1 heterocycles. The molecule has 0 bridgehead atoms. The number of amides is 2. The molecule has 0 radical (unpaired) electrons. The van der Waals surface area contributed by atoms with Crippen molar-refractivity contribution in [2.24, 2.45) is 0 Å². The molecule has 1 aromatic carbocycles. The van der Waals surface area contributed by atoms with Gasteiger partial charge in [-0.3, -0.25) is 9.59 Å². The molecule has 2 N–H and O–H groups in total. The second-order valence-corrected chi connectivity index (χ2v) is 6.21. The van der Waals surface area contributed by atoms with Crippen LogP contribution in [0.5, 0.6) is 0 Å². The summed E-state index contributed by atoms with van der Waals surface area (Å²) in [5.41, 5.74) is 0.457. The lowest BCUT2D eigenvalue weighted by atomic mass is 10.2. The summed E-state index contributed by atoms with van der Waals surface area (Å²) in [5, 5.41) is 12.1. The first-order chi connectivity index (χ1) is 11.3. The van der Waals surface area contributed by atoms with Crippen molar-refractivity contribution in [1.82, 2.24) is 4.90 Å². The van der Waals surface area contributed by atoms with Gasteiger partial charge in [-0.15, -0.1) is 0 Å². The number of anilines is 1. The molecule has 0 saturated carbocycles. The number of likely N-dealkylation sites (N-methyl/N-ethyl adjacent to an activating group) is 1. The van der Waals surface area contributed by atoms with Crippen LogP contribution in [0.1, 0.15) is 12.8 Å². The Bertz CT molecular complexity index is 667. The number of carboxylic acid groups (broad SMARTS) is 1. The average Bonchev–Trinajstić information content (AvgIpc) is 3.00. The maximum Gasteiger partial charge on any atom is 0.332 e. The van der Waals surface area contributed by atoms with E-state index < -0.39 is 30.0 Å². The maximum atomic E-state index is 12.2. The van der Waals surface area contributed by atoms with E-state index >= 15 is 0 Å². The number of nitrogens with one attached hydrogen (secondary N) is 1. The van der Waals surface area contributed by atoms with Crippen molar-refractivity contribution in [3.63, 3.8) is 0 Å². The molecule has 9 heteroatoms. The number of rotatable bonds is 5. The first kappa shape index (κ1) is 18.5. The minimum Gasteiger partial charge on any atom is -0.479 e. The summed E-state index contributed by atoms with van der Waals surface area (Å²) in [6.07, 6.45) is -1.23. The molecule has 2 atom stereocenters. The number of halogens is 2. The molecule has 1 aliphatic heterocycles. The SMILES string of the molecule is CN(CC(=O)Nc1ccc(Cl)c(Cl)c1)C(=O)[C@@H]1CC[C@H](C(=O)O)O1. The lowest BCUT2D eigenvalue weighted by molar-refractivity contribution is -0.154. The Hall–Kier alpha value is -1.83. The highest BCUT2D eigenvalue weighted by Crippen LogP contribution is 2.25. The summed E-state index contributed by atoms with van der Waals surface area (Å²) in [7, 11) is 1.45. The zero-order valence-electron chi connectivity index (χ0n) is 12.8. The Labute approximate surface area is 148 Å². The minimum absolute atomic E-state index is 0.198. The topological polar surface area (TPSA) is 95.9 Å². The molecule has 0 aromatic heterocycles. The Morgan fingerprint density at radius 1 is 1.25 bits per heavy atom. The molecule has 2 rings (SSSR count). The second kappa shape index (κ2) is 7.83. The second-order valence-electron chi connectivity index (χ2n) is 5.40. The van der Waals surface area contributed by atoms with Crippen LogP contribution in [0.3, 0.4) is 0 Å². The van der Waals surface area contributed by atoms with Crippen LogP contribution in [0.2, 0.25) is 10.0 Å². The molecule has 1 aliphatic rings. The molecule has 2 amide bonds. The van der Waals surface area contributed by atoms with Gasteiger partial charge < -0.3 is 20.1 Å². The molecule has 1 aromatic rings. The van der Waals surface area contributed by atoms with Crippen molar-refractivity contribution in [3.05, 3.63) is 28.2 Å². The summed E-state index contributed by atoms with van der Waals surface area (Å²) in [5.74, 6) is -1.94. The van der Waals surface area contributed by atoms with Gasteiger partial charge in [-0.1, -0.05) is 23.2 Å². The predicted octanol–water partition coefficient (Wildman–Crippen LogP) is 2.02. The summed E-state index contributed by atoms with van der Waals surface area (Å²) >= 11 is 11.7. The molecular weight excluding hydrogens is 359 g/mol. The van der Waals surface area contributed by atoms with Crippen LogP contribution in [0.25, 0.3) is 0 Å². The van der Waals surface area contributed by atoms with Crippen molar-refractivity contribution >= 4 is 46.7 Å². The molecule has 0 spiro atoms. The highest BCUT2D eigenvalue weighted by atomic mass is 35.5. The van der Waals surface area contributed by atoms with Gasteiger partial charge in [0.1, 0.15) is 6.10 Å². The normalized spacial score (nSPS) is 19.8. The number of carbonyl (C=O) groups excluding carboxylic acids is 2. The molecule has 130 valence electrons. The fourth-order valence-electron chi connectivity index (χ4n) is 2.31. The first-order valence-electron chi connectivity index (χ1n) is 7.16. The molecule has 0 unspecified atom stereocenters. The van der Waals surface area contributed by atoms with E-state index in [1.165, 1.54) is 18.0 Å². The van der Waals surface area contributed by atoms with Gasteiger partial charge in [0.15, 0.2) is 6.10 Å². The number of hydrogen-bond acceptors (Lipinski definition) is 4. The third-order valence-corrected chi connectivity index (χ3v) is 4.27. The van der Waals surface area contributed by atoms with E-state index in [-0.39, 0.29) is 13.0 Å². The van der Waals surface area contributed by atoms with E-state index in [2.05, 4.69) is 5.32 Å². The molecule has 7 nitrogen and oxygen atoms in total. The lowest BCUT2D eigenvalue weighted by Crippen LogP contribution is -2.41. The summed E-state index contributed by atoms with van der Waals surface area (Å²) < 4.78 is 5.18. The van der Waals surface area contributed by atoms with Crippen LogP contribution in [-0.4, -0.2) is 53.6 Å². The third-order valence-electron chi connectivity index (χ3n) is 3.53. The van der Waals surface area contributed by atoms with Gasteiger partial charge >= 0.3 is 5.97 Å². The standard InChI is InChI=1S/C15H16Cl2N2O5/c1-19(14(21)11-4-5-12(24-11)15(22)23)7-13(20)18-8-2-3-9(16)10(17)6-8/h2-3,6,11-12H,4-5,7H2,1H3,(H,18,20)(H,22,23)/t11-,12+/m0/s1. The van der Waals surface area contributed by atoms with Gasteiger partial charge in [0, 0.05) is 12.7 Å².